The molecule has 0 atom stereocenters. The second-order valence-corrected chi connectivity index (χ2v) is 9.04. The minimum atomic E-state index is -4.71. The fourth-order valence-corrected chi connectivity index (χ4v) is 4.35. The smallest absolute Gasteiger partial charge is 0.338 e. The summed E-state index contributed by atoms with van der Waals surface area (Å²) in [5.74, 6) is -0.643. The molecule has 0 saturated heterocycles. The number of carbonyl (C=O) groups is 1. The number of hydrogen-bond acceptors (Lipinski definition) is 1. The molecule has 8 heteroatoms. The maximum absolute atomic E-state index is 13.7. The molecule has 0 bridgehead atoms. The summed E-state index contributed by atoms with van der Waals surface area (Å²) in [6.45, 7) is 1.83. The molecule has 0 aliphatic heterocycles. The summed E-state index contributed by atoms with van der Waals surface area (Å²) >= 11 is 0. The summed E-state index contributed by atoms with van der Waals surface area (Å²) in [6.07, 6.45) is -9.51. The van der Waals surface area contributed by atoms with Crippen LogP contribution in [0.25, 0.3) is 0 Å². The highest BCUT2D eigenvalue weighted by Crippen LogP contribution is 2.40. The molecule has 1 N–H and O–H groups in total. The van der Waals surface area contributed by atoms with Crippen LogP contribution in [0, 0.1) is 6.92 Å². The Labute approximate surface area is 215 Å². The number of aryl methyl sites for hydroxylation is 1. The number of nitrogens with one attached hydrogen (secondary N) is 1. The first kappa shape index (κ1) is 27.0. The Morgan fingerprint density at radius 2 is 1.11 bits per heavy atom. The standard InChI is InChI=1S/C30H23F6NO/c1-20-13-15-22(16-14-20)27(38)37-28(19-21-7-3-2-4-8-21,23-9-5-11-25(17-23)29(31,32)33)24-10-6-12-26(18-24)30(34,35)36/h2-18H,19H2,1H3,(H,37,38). The Morgan fingerprint density at radius 1 is 0.632 bits per heavy atom. The molecular formula is C30H23F6NO. The Hall–Kier alpha value is -4.07. The van der Waals surface area contributed by atoms with Crippen LogP contribution in [0.2, 0.25) is 0 Å². The molecule has 4 aromatic carbocycles. The maximum atomic E-state index is 13.7. The van der Waals surface area contributed by atoms with Crippen molar-refractivity contribution in [3.8, 4) is 0 Å². The number of halogens is 6. The highest BCUT2D eigenvalue weighted by atomic mass is 19.4. The van der Waals surface area contributed by atoms with E-state index >= 15 is 0 Å². The molecule has 4 aromatic rings. The van der Waals surface area contributed by atoms with Gasteiger partial charge in [-0.25, -0.2) is 0 Å². The van der Waals surface area contributed by atoms with Crippen molar-refractivity contribution in [3.05, 3.63) is 142 Å². The van der Waals surface area contributed by atoms with E-state index in [1.165, 1.54) is 24.3 Å². The van der Waals surface area contributed by atoms with Gasteiger partial charge in [0.15, 0.2) is 0 Å². The Balaban J connectivity index is 1.99. The number of rotatable bonds is 6. The number of carbonyl (C=O) groups excluding carboxylic acids is 1. The number of benzene rings is 4. The van der Waals surface area contributed by atoms with Gasteiger partial charge in [-0.1, -0.05) is 72.3 Å². The highest BCUT2D eigenvalue weighted by molar-refractivity contribution is 5.95. The fraction of sp³-hybridized carbons (Fsp3) is 0.167. The van der Waals surface area contributed by atoms with E-state index in [4.69, 9.17) is 0 Å². The van der Waals surface area contributed by atoms with Crippen molar-refractivity contribution in [1.29, 1.82) is 0 Å². The highest BCUT2D eigenvalue weighted by Gasteiger charge is 2.41. The Bertz CT molecular complexity index is 1350. The van der Waals surface area contributed by atoms with E-state index in [1.807, 2.05) is 6.92 Å². The summed E-state index contributed by atoms with van der Waals surface area (Å²) in [7, 11) is 0. The van der Waals surface area contributed by atoms with E-state index in [9.17, 15) is 31.1 Å². The van der Waals surface area contributed by atoms with E-state index < -0.39 is 34.9 Å². The first-order chi connectivity index (χ1) is 17.9. The predicted molar refractivity (Wildman–Crippen MR) is 132 cm³/mol. The van der Waals surface area contributed by atoms with Gasteiger partial charge in [0.05, 0.1) is 16.7 Å². The third kappa shape index (κ3) is 5.90. The van der Waals surface area contributed by atoms with Crippen LogP contribution in [0.4, 0.5) is 26.3 Å². The minimum Gasteiger partial charge on any atom is -0.338 e. The predicted octanol–water partition coefficient (Wildman–Crippen LogP) is 7.95. The molecule has 0 aliphatic carbocycles. The second kappa shape index (κ2) is 10.4. The third-order valence-electron chi connectivity index (χ3n) is 6.32. The van der Waals surface area contributed by atoms with Gasteiger partial charge in [-0.05, 0) is 60.0 Å². The first-order valence-corrected chi connectivity index (χ1v) is 11.7. The molecule has 0 spiro atoms. The van der Waals surface area contributed by atoms with Crippen LogP contribution < -0.4 is 5.32 Å². The molecule has 0 saturated carbocycles. The van der Waals surface area contributed by atoms with Crippen molar-refractivity contribution >= 4 is 5.91 Å². The van der Waals surface area contributed by atoms with Crippen LogP contribution in [0.5, 0.6) is 0 Å². The largest absolute Gasteiger partial charge is 0.416 e. The lowest BCUT2D eigenvalue weighted by molar-refractivity contribution is -0.138. The Kier molecular flexibility index (Phi) is 7.35. The lowest BCUT2D eigenvalue weighted by atomic mass is 9.76. The minimum absolute atomic E-state index is 0.00374. The summed E-state index contributed by atoms with van der Waals surface area (Å²) in [4.78, 5) is 13.5. The quantitative estimate of drug-likeness (QED) is 0.253. The second-order valence-electron chi connectivity index (χ2n) is 9.04. The molecule has 2 nitrogen and oxygen atoms in total. The van der Waals surface area contributed by atoms with Crippen molar-refractivity contribution < 1.29 is 31.1 Å². The topological polar surface area (TPSA) is 29.1 Å². The van der Waals surface area contributed by atoms with Gasteiger partial charge in [-0.15, -0.1) is 0 Å². The van der Waals surface area contributed by atoms with Crippen molar-refractivity contribution in [1.82, 2.24) is 5.32 Å². The van der Waals surface area contributed by atoms with Gasteiger partial charge < -0.3 is 5.32 Å². The van der Waals surface area contributed by atoms with Crippen LogP contribution in [0.3, 0.4) is 0 Å². The fourth-order valence-electron chi connectivity index (χ4n) is 4.35. The van der Waals surface area contributed by atoms with Crippen molar-refractivity contribution in [3.63, 3.8) is 0 Å². The van der Waals surface area contributed by atoms with Gasteiger partial charge in [0, 0.05) is 12.0 Å². The van der Waals surface area contributed by atoms with Gasteiger partial charge in [-0.3, -0.25) is 4.79 Å². The van der Waals surface area contributed by atoms with Crippen LogP contribution in [-0.2, 0) is 24.3 Å². The maximum Gasteiger partial charge on any atom is 0.416 e. The van der Waals surface area contributed by atoms with Gasteiger partial charge in [-0.2, -0.15) is 26.3 Å². The summed E-state index contributed by atoms with van der Waals surface area (Å²) in [6, 6.07) is 23.7. The zero-order valence-corrected chi connectivity index (χ0v) is 20.2. The molecule has 196 valence electrons. The van der Waals surface area contributed by atoms with Crippen molar-refractivity contribution in [2.45, 2.75) is 31.2 Å². The average Bonchev–Trinajstić information content (AvgIpc) is 2.88. The van der Waals surface area contributed by atoms with Crippen LogP contribution >= 0.6 is 0 Å². The molecule has 0 heterocycles. The summed E-state index contributed by atoms with van der Waals surface area (Å²) < 4.78 is 82.4. The number of amides is 1. The van der Waals surface area contributed by atoms with Crippen LogP contribution in [0.1, 0.15) is 43.7 Å². The van der Waals surface area contributed by atoms with E-state index in [0.29, 0.717) is 5.56 Å². The van der Waals surface area contributed by atoms with Gasteiger partial charge in [0.25, 0.3) is 5.91 Å². The molecule has 38 heavy (non-hydrogen) atoms. The lowest BCUT2D eigenvalue weighted by Crippen LogP contribution is -2.49. The van der Waals surface area contributed by atoms with Gasteiger partial charge >= 0.3 is 12.4 Å². The van der Waals surface area contributed by atoms with Crippen LogP contribution in [0.15, 0.2) is 103 Å². The molecule has 1 amide bonds. The summed E-state index contributed by atoms with van der Waals surface area (Å²) in [5, 5.41) is 2.83. The molecule has 0 aromatic heterocycles. The third-order valence-corrected chi connectivity index (χ3v) is 6.32. The van der Waals surface area contributed by atoms with E-state index in [2.05, 4.69) is 5.32 Å². The zero-order valence-electron chi connectivity index (χ0n) is 20.2. The summed E-state index contributed by atoms with van der Waals surface area (Å²) in [5.41, 5.74) is -2.04. The molecule has 0 fully saturated rings. The van der Waals surface area contributed by atoms with Crippen molar-refractivity contribution in [2.24, 2.45) is 0 Å². The zero-order chi connectivity index (χ0) is 27.6. The monoisotopic (exact) mass is 527 g/mol. The van der Waals surface area contributed by atoms with E-state index in [1.54, 1.807) is 54.6 Å². The Morgan fingerprint density at radius 3 is 1.58 bits per heavy atom. The molecule has 0 unspecified atom stereocenters. The van der Waals surface area contributed by atoms with E-state index in [0.717, 1.165) is 29.8 Å². The van der Waals surface area contributed by atoms with Gasteiger partial charge in [0.1, 0.15) is 0 Å². The van der Waals surface area contributed by atoms with Gasteiger partial charge in [0.2, 0.25) is 0 Å². The average molecular weight is 528 g/mol. The van der Waals surface area contributed by atoms with Crippen molar-refractivity contribution in [2.75, 3.05) is 0 Å². The SMILES string of the molecule is Cc1ccc(C(=O)NC(Cc2ccccc2)(c2cccc(C(F)(F)F)c2)c2cccc(C(F)(F)F)c2)cc1. The number of hydrogen-bond donors (Lipinski definition) is 1. The molecule has 4 rings (SSSR count). The lowest BCUT2D eigenvalue weighted by Gasteiger charge is -2.37. The number of alkyl halides is 6. The molecule has 0 radical (unpaired) electrons. The van der Waals surface area contributed by atoms with E-state index in [-0.39, 0.29) is 23.1 Å². The normalized spacial score (nSPS) is 12.3. The first-order valence-electron chi connectivity index (χ1n) is 11.7. The molecule has 0 aliphatic rings. The van der Waals surface area contributed by atoms with Crippen LogP contribution in [-0.4, -0.2) is 5.91 Å². The molecular weight excluding hydrogens is 504 g/mol.